The van der Waals surface area contributed by atoms with Gasteiger partial charge >= 0.3 is 0 Å². The van der Waals surface area contributed by atoms with Gasteiger partial charge in [-0.1, -0.05) is 12.1 Å². The highest BCUT2D eigenvalue weighted by atomic mass is 16.5. The Kier molecular flexibility index (Phi) is 5.86. The standard InChI is InChI=1S/C17H27NO2/c1-13(18)6-7-14-8-10-15(11-9-14)20-17-5-3-4-16(12-17)19-2/h8-11,13,16-17H,3-7,12,18H2,1-2H3. The van der Waals surface area contributed by atoms with Crippen LogP contribution in [-0.4, -0.2) is 25.4 Å². The highest BCUT2D eigenvalue weighted by Crippen LogP contribution is 2.25. The van der Waals surface area contributed by atoms with E-state index in [1.165, 1.54) is 12.0 Å². The van der Waals surface area contributed by atoms with Crippen LogP contribution in [0.3, 0.4) is 0 Å². The van der Waals surface area contributed by atoms with E-state index in [9.17, 15) is 0 Å². The molecular weight excluding hydrogens is 250 g/mol. The number of ether oxygens (including phenoxy) is 2. The van der Waals surface area contributed by atoms with Crippen molar-refractivity contribution < 1.29 is 9.47 Å². The molecule has 1 saturated carbocycles. The zero-order valence-electron chi connectivity index (χ0n) is 12.7. The maximum absolute atomic E-state index is 6.06. The van der Waals surface area contributed by atoms with Gasteiger partial charge < -0.3 is 15.2 Å². The average Bonchev–Trinajstić information content (AvgIpc) is 2.47. The van der Waals surface area contributed by atoms with Gasteiger partial charge in [0.2, 0.25) is 0 Å². The van der Waals surface area contributed by atoms with E-state index in [1.54, 1.807) is 7.11 Å². The molecular formula is C17H27NO2. The molecule has 1 aliphatic rings. The van der Waals surface area contributed by atoms with Crippen molar-refractivity contribution in [3.8, 4) is 5.75 Å². The van der Waals surface area contributed by atoms with Crippen molar-refractivity contribution in [1.29, 1.82) is 0 Å². The predicted octanol–water partition coefficient (Wildman–Crippen LogP) is 3.30. The Morgan fingerprint density at radius 2 is 1.90 bits per heavy atom. The number of aryl methyl sites for hydroxylation is 1. The van der Waals surface area contributed by atoms with Gasteiger partial charge in [-0.2, -0.15) is 0 Å². The molecule has 0 amide bonds. The average molecular weight is 277 g/mol. The lowest BCUT2D eigenvalue weighted by Gasteiger charge is -2.28. The highest BCUT2D eigenvalue weighted by Gasteiger charge is 2.22. The van der Waals surface area contributed by atoms with Crippen molar-refractivity contribution in [3.63, 3.8) is 0 Å². The molecule has 0 aromatic heterocycles. The van der Waals surface area contributed by atoms with Crippen LogP contribution in [0.5, 0.6) is 5.75 Å². The third kappa shape index (κ3) is 4.80. The van der Waals surface area contributed by atoms with E-state index in [0.717, 1.165) is 37.9 Å². The fraction of sp³-hybridized carbons (Fsp3) is 0.647. The second-order valence-corrected chi connectivity index (χ2v) is 5.92. The zero-order chi connectivity index (χ0) is 14.4. The van der Waals surface area contributed by atoms with E-state index < -0.39 is 0 Å². The first-order valence-corrected chi connectivity index (χ1v) is 7.71. The molecule has 0 aliphatic heterocycles. The lowest BCUT2D eigenvalue weighted by Crippen LogP contribution is -2.29. The van der Waals surface area contributed by atoms with Gasteiger partial charge in [-0.15, -0.1) is 0 Å². The molecule has 112 valence electrons. The van der Waals surface area contributed by atoms with Crippen molar-refractivity contribution in [1.82, 2.24) is 0 Å². The fourth-order valence-corrected chi connectivity index (χ4v) is 2.74. The number of rotatable bonds is 6. The van der Waals surface area contributed by atoms with Crippen molar-refractivity contribution in [2.24, 2.45) is 5.73 Å². The summed E-state index contributed by atoms with van der Waals surface area (Å²) in [4.78, 5) is 0. The lowest BCUT2D eigenvalue weighted by atomic mass is 9.95. The highest BCUT2D eigenvalue weighted by molar-refractivity contribution is 5.27. The molecule has 20 heavy (non-hydrogen) atoms. The largest absolute Gasteiger partial charge is 0.490 e. The number of nitrogens with two attached hydrogens (primary N) is 1. The molecule has 2 N–H and O–H groups in total. The quantitative estimate of drug-likeness (QED) is 0.867. The van der Waals surface area contributed by atoms with Crippen LogP contribution in [0.2, 0.25) is 0 Å². The van der Waals surface area contributed by atoms with Crippen LogP contribution >= 0.6 is 0 Å². The predicted molar refractivity (Wildman–Crippen MR) is 82.1 cm³/mol. The van der Waals surface area contributed by atoms with Crippen LogP contribution in [0, 0.1) is 0 Å². The summed E-state index contributed by atoms with van der Waals surface area (Å²) in [5, 5.41) is 0. The second-order valence-electron chi connectivity index (χ2n) is 5.92. The summed E-state index contributed by atoms with van der Waals surface area (Å²) in [5.74, 6) is 0.969. The molecule has 3 atom stereocenters. The van der Waals surface area contributed by atoms with E-state index in [2.05, 4.69) is 24.3 Å². The second kappa shape index (κ2) is 7.65. The van der Waals surface area contributed by atoms with Gasteiger partial charge in [-0.25, -0.2) is 0 Å². The van der Waals surface area contributed by atoms with Crippen LogP contribution in [0.15, 0.2) is 24.3 Å². The van der Waals surface area contributed by atoms with Gasteiger partial charge in [-0.3, -0.25) is 0 Å². The van der Waals surface area contributed by atoms with Crippen molar-refractivity contribution >= 4 is 0 Å². The SMILES string of the molecule is COC1CCCC(Oc2ccc(CCC(C)N)cc2)C1. The molecule has 3 nitrogen and oxygen atoms in total. The molecule has 2 rings (SSSR count). The fourth-order valence-electron chi connectivity index (χ4n) is 2.74. The van der Waals surface area contributed by atoms with Gasteiger partial charge in [0.05, 0.1) is 6.10 Å². The molecule has 3 unspecified atom stereocenters. The third-order valence-electron chi connectivity index (χ3n) is 4.03. The summed E-state index contributed by atoms with van der Waals surface area (Å²) in [6.45, 7) is 2.05. The summed E-state index contributed by atoms with van der Waals surface area (Å²) >= 11 is 0. The lowest BCUT2D eigenvalue weighted by molar-refractivity contribution is 0.0209. The van der Waals surface area contributed by atoms with Gasteiger partial charge in [0.1, 0.15) is 11.9 Å². The van der Waals surface area contributed by atoms with E-state index >= 15 is 0 Å². The third-order valence-corrected chi connectivity index (χ3v) is 4.03. The monoisotopic (exact) mass is 277 g/mol. The van der Waals surface area contributed by atoms with Crippen LogP contribution in [0.4, 0.5) is 0 Å². The first kappa shape index (κ1) is 15.3. The minimum Gasteiger partial charge on any atom is -0.490 e. The first-order valence-electron chi connectivity index (χ1n) is 7.71. The summed E-state index contributed by atoms with van der Waals surface area (Å²) < 4.78 is 11.5. The Labute approximate surface area is 122 Å². The number of hydrogen-bond donors (Lipinski definition) is 1. The summed E-state index contributed by atoms with van der Waals surface area (Å²) in [5.41, 5.74) is 7.11. The van der Waals surface area contributed by atoms with Gasteiger partial charge in [0, 0.05) is 19.6 Å². The Hall–Kier alpha value is -1.06. The number of benzene rings is 1. The molecule has 0 radical (unpaired) electrons. The van der Waals surface area contributed by atoms with Crippen molar-refractivity contribution in [2.45, 2.75) is 63.7 Å². The number of hydrogen-bond acceptors (Lipinski definition) is 3. The van der Waals surface area contributed by atoms with E-state index in [0.29, 0.717) is 12.2 Å². The molecule has 1 aromatic rings. The molecule has 3 heteroatoms. The minimum atomic E-state index is 0.263. The Morgan fingerprint density at radius 3 is 2.55 bits per heavy atom. The summed E-state index contributed by atoms with van der Waals surface area (Å²) in [7, 11) is 1.79. The Balaban J connectivity index is 1.83. The summed E-state index contributed by atoms with van der Waals surface area (Å²) in [6.07, 6.45) is 7.20. The zero-order valence-corrected chi connectivity index (χ0v) is 12.7. The number of methoxy groups -OCH3 is 1. The van der Waals surface area contributed by atoms with E-state index in [4.69, 9.17) is 15.2 Å². The molecule has 0 spiro atoms. The molecule has 1 fully saturated rings. The van der Waals surface area contributed by atoms with Gasteiger partial charge in [0.25, 0.3) is 0 Å². The van der Waals surface area contributed by atoms with Crippen molar-refractivity contribution in [3.05, 3.63) is 29.8 Å². The van der Waals surface area contributed by atoms with E-state index in [-0.39, 0.29) is 6.04 Å². The smallest absolute Gasteiger partial charge is 0.119 e. The molecule has 0 saturated heterocycles. The normalized spacial score (nSPS) is 24.4. The van der Waals surface area contributed by atoms with E-state index in [1.807, 2.05) is 6.92 Å². The maximum Gasteiger partial charge on any atom is 0.119 e. The maximum atomic E-state index is 6.06. The Morgan fingerprint density at radius 1 is 1.20 bits per heavy atom. The van der Waals surface area contributed by atoms with Crippen LogP contribution in [0.1, 0.15) is 44.6 Å². The molecule has 1 aromatic carbocycles. The topological polar surface area (TPSA) is 44.5 Å². The van der Waals surface area contributed by atoms with Crippen molar-refractivity contribution in [2.75, 3.05) is 7.11 Å². The molecule has 0 bridgehead atoms. The molecule has 1 aliphatic carbocycles. The van der Waals surface area contributed by atoms with Gasteiger partial charge in [-0.05, 0) is 56.7 Å². The summed E-state index contributed by atoms with van der Waals surface area (Å²) in [6, 6.07) is 8.71. The first-order chi connectivity index (χ1) is 9.67. The van der Waals surface area contributed by atoms with Gasteiger partial charge in [0.15, 0.2) is 0 Å². The van der Waals surface area contributed by atoms with Crippen LogP contribution in [0.25, 0.3) is 0 Å². The van der Waals surface area contributed by atoms with Crippen LogP contribution < -0.4 is 10.5 Å². The minimum absolute atomic E-state index is 0.263. The Bertz CT molecular complexity index is 388. The van der Waals surface area contributed by atoms with Crippen LogP contribution in [-0.2, 0) is 11.2 Å². The molecule has 0 heterocycles.